The van der Waals surface area contributed by atoms with Crippen molar-refractivity contribution < 1.29 is 14.0 Å². The Labute approximate surface area is 156 Å². The molecule has 1 aromatic carbocycles. The van der Waals surface area contributed by atoms with Crippen LogP contribution >= 0.6 is 0 Å². The summed E-state index contributed by atoms with van der Waals surface area (Å²) in [5, 5.41) is 8.04. The summed E-state index contributed by atoms with van der Waals surface area (Å²) in [6.45, 7) is 6.26. The Morgan fingerprint density at radius 3 is 2.85 bits per heavy atom. The van der Waals surface area contributed by atoms with E-state index in [1.165, 1.54) is 36.8 Å². The van der Waals surface area contributed by atoms with E-state index in [2.05, 4.69) is 36.0 Å². The van der Waals surface area contributed by atoms with E-state index in [0.717, 1.165) is 6.42 Å². The Morgan fingerprint density at radius 2 is 2.26 bits per heavy atom. The molecule has 0 aliphatic heterocycles. The highest BCUT2D eigenvalue weighted by molar-refractivity contribution is 5.95. The van der Waals surface area contributed by atoms with Gasteiger partial charge in [0.05, 0.1) is 12.3 Å². The molecular weight excluding hydrogens is 351 g/mol. The number of hydrazine groups is 1. The number of carbonyl (C=O) groups is 1. The summed E-state index contributed by atoms with van der Waals surface area (Å²) < 4.78 is 15.0. The van der Waals surface area contributed by atoms with Crippen molar-refractivity contribution in [3.8, 4) is 0 Å². The lowest BCUT2D eigenvalue weighted by atomic mass is 9.88. The molecule has 0 saturated carbocycles. The summed E-state index contributed by atoms with van der Waals surface area (Å²) in [7, 11) is 0. The molecule has 1 amide bonds. The third kappa shape index (κ3) is 6.63. The highest BCUT2D eigenvalue weighted by Crippen LogP contribution is 2.26. The Kier molecular flexibility index (Phi) is 6.78. The molecule has 2 aromatic rings. The number of nitrogens with one attached hydrogen (secondary N) is 1. The summed E-state index contributed by atoms with van der Waals surface area (Å²) >= 11 is 0. The Balaban J connectivity index is 2.20. The molecule has 1 atom stereocenters. The van der Waals surface area contributed by atoms with Crippen LogP contribution in [-0.2, 0) is 9.63 Å². The van der Waals surface area contributed by atoms with Gasteiger partial charge in [0.25, 0.3) is 0 Å². The molecule has 0 fully saturated rings. The molecule has 27 heavy (non-hydrogen) atoms. The van der Waals surface area contributed by atoms with Gasteiger partial charge in [0.1, 0.15) is 18.5 Å². The molecule has 144 valence electrons. The largest absolute Gasteiger partial charge is 0.351 e. The predicted octanol–water partition coefficient (Wildman–Crippen LogP) is 2.43. The standard InChI is InChI=1S/C18H23FN6O2/c1-18(2,3)9-15(25-12-21-11-22-25)10-23-27-16(17(26)24-20)8-13-5-4-6-14(19)7-13/h4-8,10-12,15H,9,20H2,1-3H3,(H,24,26)/b16-8?,23-10-. The van der Waals surface area contributed by atoms with Crippen molar-refractivity contribution in [3.05, 3.63) is 54.1 Å². The van der Waals surface area contributed by atoms with Crippen molar-refractivity contribution >= 4 is 18.2 Å². The zero-order valence-electron chi connectivity index (χ0n) is 15.5. The molecular formula is C18H23FN6O2. The van der Waals surface area contributed by atoms with Gasteiger partial charge in [-0.1, -0.05) is 38.1 Å². The summed E-state index contributed by atoms with van der Waals surface area (Å²) in [5.74, 6) is 3.88. The highest BCUT2D eigenvalue weighted by atomic mass is 19.1. The van der Waals surface area contributed by atoms with Crippen LogP contribution in [0.2, 0.25) is 0 Å². The van der Waals surface area contributed by atoms with Gasteiger partial charge in [-0.25, -0.2) is 19.9 Å². The normalized spacial score (nSPS) is 13.6. The summed E-state index contributed by atoms with van der Waals surface area (Å²) in [4.78, 5) is 21.1. The lowest BCUT2D eigenvalue weighted by Gasteiger charge is -2.23. The quantitative estimate of drug-likeness (QED) is 0.193. The number of aromatic nitrogens is 3. The zero-order chi connectivity index (χ0) is 19.9. The van der Waals surface area contributed by atoms with Gasteiger partial charge < -0.3 is 4.84 Å². The van der Waals surface area contributed by atoms with Crippen molar-refractivity contribution in [2.75, 3.05) is 0 Å². The molecule has 0 bridgehead atoms. The van der Waals surface area contributed by atoms with Crippen LogP contribution in [0.15, 0.2) is 47.8 Å². The molecule has 3 N–H and O–H groups in total. The minimum absolute atomic E-state index is 0.00248. The van der Waals surface area contributed by atoms with Crippen LogP contribution in [0.3, 0.4) is 0 Å². The number of nitrogens with zero attached hydrogens (tertiary/aromatic N) is 4. The molecule has 0 saturated heterocycles. The van der Waals surface area contributed by atoms with E-state index in [1.54, 1.807) is 17.1 Å². The van der Waals surface area contributed by atoms with E-state index in [4.69, 9.17) is 10.7 Å². The minimum atomic E-state index is -0.690. The van der Waals surface area contributed by atoms with Crippen molar-refractivity contribution in [1.29, 1.82) is 0 Å². The second-order valence-corrected chi connectivity index (χ2v) is 7.09. The molecule has 0 spiro atoms. The lowest BCUT2D eigenvalue weighted by Crippen LogP contribution is -2.31. The maximum absolute atomic E-state index is 13.3. The van der Waals surface area contributed by atoms with Crippen LogP contribution in [0.25, 0.3) is 6.08 Å². The van der Waals surface area contributed by atoms with Gasteiger partial charge >= 0.3 is 5.91 Å². The van der Waals surface area contributed by atoms with Crippen molar-refractivity contribution in [2.45, 2.75) is 33.2 Å². The first kappa shape index (κ1) is 20.2. The summed E-state index contributed by atoms with van der Waals surface area (Å²) in [5.41, 5.74) is 2.41. The number of nitrogens with two attached hydrogens (primary N) is 1. The topological polar surface area (TPSA) is 107 Å². The van der Waals surface area contributed by atoms with E-state index in [0.29, 0.717) is 5.56 Å². The average Bonchev–Trinajstić information content (AvgIpc) is 3.13. The van der Waals surface area contributed by atoms with Crippen LogP contribution in [0.5, 0.6) is 0 Å². The number of carbonyl (C=O) groups excluding carboxylic acids is 1. The Morgan fingerprint density at radius 1 is 1.48 bits per heavy atom. The first-order valence-electron chi connectivity index (χ1n) is 8.31. The monoisotopic (exact) mass is 374 g/mol. The molecule has 0 aliphatic carbocycles. The van der Waals surface area contributed by atoms with Gasteiger partial charge in [0, 0.05) is 0 Å². The molecule has 1 aromatic heterocycles. The van der Waals surface area contributed by atoms with Crippen LogP contribution in [-0.4, -0.2) is 26.9 Å². The molecule has 1 heterocycles. The zero-order valence-corrected chi connectivity index (χ0v) is 15.5. The minimum Gasteiger partial charge on any atom is -0.351 e. The van der Waals surface area contributed by atoms with Gasteiger partial charge in [-0.3, -0.25) is 10.2 Å². The van der Waals surface area contributed by atoms with Gasteiger partial charge in [-0.15, -0.1) is 0 Å². The fourth-order valence-corrected chi connectivity index (χ4v) is 2.34. The first-order valence-corrected chi connectivity index (χ1v) is 8.31. The van der Waals surface area contributed by atoms with Crippen LogP contribution in [0.4, 0.5) is 4.39 Å². The third-order valence-electron chi connectivity index (χ3n) is 3.48. The van der Waals surface area contributed by atoms with E-state index in [9.17, 15) is 9.18 Å². The van der Waals surface area contributed by atoms with E-state index < -0.39 is 11.7 Å². The smallest absolute Gasteiger partial charge is 0.303 e. The van der Waals surface area contributed by atoms with Crippen LogP contribution < -0.4 is 11.3 Å². The summed E-state index contributed by atoms with van der Waals surface area (Å²) in [6.07, 6.45) is 6.61. The Bertz CT molecular complexity index is 812. The second kappa shape index (κ2) is 9.04. The number of halogens is 1. The van der Waals surface area contributed by atoms with Crippen LogP contribution in [0.1, 0.15) is 38.8 Å². The number of benzene rings is 1. The Hall–Kier alpha value is -3.07. The predicted molar refractivity (Wildman–Crippen MR) is 99.4 cm³/mol. The first-order chi connectivity index (χ1) is 12.8. The molecule has 0 radical (unpaired) electrons. The highest BCUT2D eigenvalue weighted by Gasteiger charge is 2.20. The number of rotatable bonds is 7. The van der Waals surface area contributed by atoms with Gasteiger partial charge in [0.15, 0.2) is 0 Å². The molecule has 1 unspecified atom stereocenters. The van der Waals surface area contributed by atoms with E-state index in [1.807, 2.05) is 5.43 Å². The summed E-state index contributed by atoms with van der Waals surface area (Å²) in [6, 6.07) is 5.48. The third-order valence-corrected chi connectivity index (χ3v) is 3.48. The number of oxime groups is 1. The average molecular weight is 374 g/mol. The maximum Gasteiger partial charge on any atom is 0.303 e. The second-order valence-electron chi connectivity index (χ2n) is 7.09. The number of hydrogen-bond acceptors (Lipinski definition) is 6. The van der Waals surface area contributed by atoms with Gasteiger partial charge in [-0.05, 0) is 35.6 Å². The molecule has 0 aliphatic rings. The van der Waals surface area contributed by atoms with Crippen molar-refractivity contribution in [3.63, 3.8) is 0 Å². The van der Waals surface area contributed by atoms with Crippen LogP contribution in [0, 0.1) is 11.2 Å². The molecule has 9 heteroatoms. The van der Waals surface area contributed by atoms with Gasteiger partial charge in [0.2, 0.25) is 5.76 Å². The van der Waals surface area contributed by atoms with Gasteiger partial charge in [-0.2, -0.15) is 5.10 Å². The molecule has 2 rings (SSSR count). The SMILES string of the molecule is CC(C)(C)CC(/C=N\OC(=Cc1cccc(F)c1)C(=O)NN)n1cncn1. The number of hydrogen-bond donors (Lipinski definition) is 2. The van der Waals surface area contributed by atoms with Crippen molar-refractivity contribution in [2.24, 2.45) is 16.4 Å². The lowest BCUT2D eigenvalue weighted by molar-refractivity contribution is -0.120. The van der Waals surface area contributed by atoms with E-state index in [-0.39, 0.29) is 17.2 Å². The van der Waals surface area contributed by atoms with E-state index >= 15 is 0 Å². The van der Waals surface area contributed by atoms with Crippen molar-refractivity contribution in [1.82, 2.24) is 20.2 Å². The number of amides is 1. The fourth-order valence-electron chi connectivity index (χ4n) is 2.34. The fraction of sp³-hybridized carbons (Fsp3) is 0.333. The maximum atomic E-state index is 13.3. The molecule has 8 nitrogen and oxygen atoms in total.